The second-order valence-corrected chi connectivity index (χ2v) is 2.24. The summed E-state index contributed by atoms with van der Waals surface area (Å²) in [6, 6.07) is 0. The van der Waals surface area contributed by atoms with E-state index in [4.69, 9.17) is 12.2 Å². The van der Waals surface area contributed by atoms with Crippen LogP contribution < -0.4 is 5.73 Å². The molecule has 0 saturated carbocycles. The molecule has 2 N–H and O–H groups in total. The van der Waals surface area contributed by atoms with Crippen molar-refractivity contribution in [3.63, 3.8) is 0 Å². The maximum Gasteiger partial charge on any atom is 0.0913 e. The van der Waals surface area contributed by atoms with Crippen LogP contribution in [-0.4, -0.2) is 5.87 Å². The van der Waals surface area contributed by atoms with Crippen LogP contribution in [0.4, 0.5) is 0 Å². The van der Waals surface area contributed by atoms with Crippen molar-refractivity contribution >= 4 is 17.8 Å². The van der Waals surface area contributed by atoms with Crippen molar-refractivity contribution in [2.45, 2.75) is 0 Å². The van der Waals surface area contributed by atoms with Crippen molar-refractivity contribution in [3.8, 4) is 12.3 Å². The van der Waals surface area contributed by atoms with Crippen LogP contribution in [0.3, 0.4) is 0 Å². The van der Waals surface area contributed by atoms with E-state index in [0.29, 0.717) is 10.6 Å². The van der Waals surface area contributed by atoms with Gasteiger partial charge in [-0.3, -0.25) is 0 Å². The molecule has 0 aromatic rings. The Hall–Kier alpha value is -1.10. The van der Waals surface area contributed by atoms with Gasteiger partial charge in [0.2, 0.25) is 0 Å². The maximum absolute atomic E-state index is 5.37. The van der Waals surface area contributed by atoms with E-state index < -0.39 is 0 Å². The minimum atomic E-state index is 0.603. The van der Waals surface area contributed by atoms with Gasteiger partial charge in [-0.15, -0.1) is 6.42 Å². The first-order valence-corrected chi connectivity index (χ1v) is 3.04. The van der Waals surface area contributed by atoms with Gasteiger partial charge in [0.1, 0.15) is 0 Å². The van der Waals surface area contributed by atoms with E-state index in [1.54, 1.807) is 6.08 Å². The minimum Gasteiger partial charge on any atom is -0.392 e. The summed E-state index contributed by atoms with van der Waals surface area (Å²) in [4.78, 5) is 0. The van der Waals surface area contributed by atoms with Crippen LogP contribution in [0.5, 0.6) is 0 Å². The molecule has 0 radical (unpaired) electrons. The van der Waals surface area contributed by atoms with E-state index in [9.17, 15) is 0 Å². The zero-order valence-electron chi connectivity index (χ0n) is 4.59. The number of hydrogen-bond donors (Lipinski definition) is 1. The van der Waals surface area contributed by atoms with Crippen molar-refractivity contribution in [3.05, 3.63) is 16.7 Å². The van der Waals surface area contributed by atoms with Gasteiger partial charge in [-0.2, -0.15) is 4.40 Å². The van der Waals surface area contributed by atoms with Crippen molar-refractivity contribution in [2.75, 3.05) is 0 Å². The fourth-order valence-electron chi connectivity index (χ4n) is 0.400. The molecule has 1 aliphatic rings. The Kier molecular flexibility index (Phi) is 1.64. The van der Waals surface area contributed by atoms with E-state index in [1.165, 1.54) is 11.9 Å². The molecule has 0 bridgehead atoms. The average Bonchev–Trinajstić information content (AvgIpc) is 1.88. The molecule has 0 fully saturated rings. The summed E-state index contributed by atoms with van der Waals surface area (Å²) in [6.45, 7) is 0. The monoisotopic (exact) mass is 136 g/mol. The van der Waals surface area contributed by atoms with Crippen LogP contribution in [0.25, 0.3) is 0 Å². The third-order valence-corrected chi connectivity index (χ3v) is 1.27. The summed E-state index contributed by atoms with van der Waals surface area (Å²) in [6.07, 6.45) is 6.71. The highest BCUT2D eigenvalue weighted by atomic mass is 32.2. The molecule has 2 nitrogen and oxygen atoms in total. The summed E-state index contributed by atoms with van der Waals surface area (Å²) >= 11 is 1.17. The number of rotatable bonds is 0. The predicted octanol–water partition coefficient (Wildman–Crippen LogP) is 0.678. The Balaban J connectivity index is 2.98. The summed E-state index contributed by atoms with van der Waals surface area (Å²) in [7, 11) is 0. The van der Waals surface area contributed by atoms with Crippen LogP contribution in [0, 0.1) is 12.3 Å². The largest absolute Gasteiger partial charge is 0.392 e. The van der Waals surface area contributed by atoms with Gasteiger partial charge in [0.05, 0.1) is 10.6 Å². The van der Waals surface area contributed by atoms with E-state index in [-0.39, 0.29) is 0 Å². The lowest BCUT2D eigenvalue weighted by atomic mass is 10.3. The van der Waals surface area contributed by atoms with Gasteiger partial charge in [-0.25, -0.2) is 0 Å². The average molecular weight is 136 g/mol. The fourth-order valence-corrected chi connectivity index (χ4v) is 0.819. The molecule has 1 aliphatic heterocycles. The highest BCUT2D eigenvalue weighted by molar-refractivity contribution is 8.01. The van der Waals surface area contributed by atoms with Gasteiger partial charge in [-0.1, -0.05) is 5.92 Å². The van der Waals surface area contributed by atoms with Crippen LogP contribution in [0.1, 0.15) is 0 Å². The highest BCUT2D eigenvalue weighted by Crippen LogP contribution is 2.14. The van der Waals surface area contributed by atoms with Crippen LogP contribution in [0.2, 0.25) is 0 Å². The normalized spacial score (nSPS) is 15.9. The first-order chi connectivity index (χ1) is 4.33. The number of hydrogen-bond acceptors (Lipinski definition) is 3. The first-order valence-electron chi connectivity index (χ1n) is 2.27. The molecule has 0 aromatic heterocycles. The molecule has 0 unspecified atom stereocenters. The standard InChI is InChI=1S/C6H4N2S/c1-2-5-3-6(7)9-8-4-5/h1,3H,7H2. The Morgan fingerprint density at radius 2 is 2.67 bits per heavy atom. The molecule has 0 atom stereocenters. The summed E-state index contributed by atoms with van der Waals surface area (Å²) in [5, 5.41) is 0.613. The zero-order valence-corrected chi connectivity index (χ0v) is 5.40. The number of terminal acetylenes is 1. The van der Waals surface area contributed by atoms with Gasteiger partial charge in [0.15, 0.2) is 0 Å². The summed E-state index contributed by atoms with van der Waals surface area (Å²) in [5.41, 5.74) is 5.98. The van der Waals surface area contributed by atoms with Gasteiger partial charge in [0.25, 0.3) is 0 Å². The van der Waals surface area contributed by atoms with Crippen LogP contribution in [-0.2, 0) is 0 Å². The predicted molar refractivity (Wildman–Crippen MR) is 39.6 cm³/mol. The smallest absolute Gasteiger partial charge is 0.0913 e. The Morgan fingerprint density at radius 1 is 1.89 bits per heavy atom. The van der Waals surface area contributed by atoms with E-state index in [2.05, 4.69) is 16.2 Å². The Bertz CT molecular complexity index is 251. The van der Waals surface area contributed by atoms with Crippen molar-refractivity contribution in [1.82, 2.24) is 0 Å². The maximum atomic E-state index is 5.37. The minimum absolute atomic E-state index is 0.603. The molecule has 44 valence electrons. The third-order valence-electron chi connectivity index (χ3n) is 0.759. The zero-order chi connectivity index (χ0) is 6.69. The third kappa shape index (κ3) is 1.39. The molecule has 0 amide bonds. The molecule has 0 saturated heterocycles. The number of allylic oxidation sites excluding steroid dienone is 2. The van der Waals surface area contributed by atoms with Crippen molar-refractivity contribution < 1.29 is 0 Å². The molecular weight excluding hydrogens is 132 g/mol. The fraction of sp³-hybridized carbons (Fsp3) is 0. The van der Waals surface area contributed by atoms with E-state index >= 15 is 0 Å². The lowest BCUT2D eigenvalue weighted by Gasteiger charge is -1.95. The topological polar surface area (TPSA) is 38.4 Å². The molecule has 9 heavy (non-hydrogen) atoms. The Morgan fingerprint density at radius 3 is 3.11 bits per heavy atom. The summed E-state index contributed by atoms with van der Waals surface area (Å²) in [5.74, 6) is 4.99. The van der Waals surface area contributed by atoms with Crippen molar-refractivity contribution in [1.29, 1.82) is 0 Å². The molecule has 0 spiro atoms. The lowest BCUT2D eigenvalue weighted by Crippen LogP contribution is -1.93. The van der Waals surface area contributed by atoms with Gasteiger partial charge >= 0.3 is 0 Å². The summed E-state index contributed by atoms with van der Waals surface area (Å²) < 4.78 is 3.70. The van der Waals surface area contributed by atoms with Gasteiger partial charge in [-0.05, 0) is 6.08 Å². The SMILES string of the molecule is C#CC1=C=NSC(N)=C1. The van der Waals surface area contributed by atoms with Crippen LogP contribution >= 0.6 is 11.9 Å². The van der Waals surface area contributed by atoms with Crippen LogP contribution in [0.15, 0.2) is 21.1 Å². The molecule has 0 aliphatic carbocycles. The number of nitrogens with two attached hydrogens (primary N) is 1. The second-order valence-electron chi connectivity index (χ2n) is 1.40. The molecule has 1 heterocycles. The Labute approximate surface area is 57.7 Å². The first kappa shape index (κ1) is 6.03. The molecule has 0 aromatic carbocycles. The van der Waals surface area contributed by atoms with Gasteiger partial charge in [0, 0.05) is 17.8 Å². The highest BCUT2D eigenvalue weighted by Gasteiger charge is 1.95. The lowest BCUT2D eigenvalue weighted by molar-refractivity contribution is 1.52. The van der Waals surface area contributed by atoms with E-state index in [1.807, 2.05) is 0 Å². The molecule has 1 rings (SSSR count). The van der Waals surface area contributed by atoms with E-state index in [0.717, 1.165) is 0 Å². The second kappa shape index (κ2) is 2.45. The molecular formula is C6H4N2S. The number of nitrogens with zero attached hydrogens (tertiary/aromatic N) is 1. The molecule has 3 heteroatoms. The van der Waals surface area contributed by atoms with Crippen molar-refractivity contribution in [2.24, 2.45) is 10.1 Å². The van der Waals surface area contributed by atoms with Gasteiger partial charge < -0.3 is 5.73 Å². The quantitative estimate of drug-likeness (QED) is 0.393.